The molecule has 43 heavy (non-hydrogen) atoms. The van der Waals surface area contributed by atoms with E-state index in [4.69, 9.17) is 32.5 Å². The number of amides is 2. The zero-order valence-electron chi connectivity index (χ0n) is 23.0. The topological polar surface area (TPSA) is 93.9 Å². The van der Waals surface area contributed by atoms with Crippen LogP contribution >= 0.6 is 23.2 Å². The number of carbonyl (C=O) groups is 2. The summed E-state index contributed by atoms with van der Waals surface area (Å²) in [4.78, 5) is 26.8. The third-order valence-electron chi connectivity index (χ3n) is 8.34. The van der Waals surface area contributed by atoms with E-state index in [-0.39, 0.29) is 36.4 Å². The molecule has 2 amide bonds. The Morgan fingerprint density at radius 3 is 2.35 bits per heavy atom. The fourth-order valence-electron chi connectivity index (χ4n) is 6.18. The first-order valence-corrected chi connectivity index (χ1v) is 14.7. The monoisotopic (exact) mass is 637 g/mol. The fourth-order valence-corrected chi connectivity index (χ4v) is 6.75. The minimum Gasteiger partial charge on any atom is -0.465 e. The first kappa shape index (κ1) is 29.8. The molecule has 228 valence electrons. The van der Waals surface area contributed by atoms with Gasteiger partial charge in [0, 0.05) is 34.8 Å². The molecule has 3 aliphatic rings. The molecule has 2 saturated heterocycles. The molecule has 2 aliphatic heterocycles. The summed E-state index contributed by atoms with van der Waals surface area (Å²) in [5.41, 5.74) is 0.121. The number of urea groups is 1. The average Bonchev–Trinajstić information content (AvgIpc) is 3.67. The van der Waals surface area contributed by atoms with E-state index >= 15 is 0 Å². The molecule has 0 spiro atoms. The standard InChI is InChI=1S/C30H28Cl2F3N3O5/c1-41-28(39)20-10-7-16(11-22(20)30(33,34)35)36-29(40)38-17-8-9-18(38)13-19(12-17)42-14-21-26(37-43-27(21)15-5-6-15)25-23(31)3-2-4-24(25)32/h2-4,7,10-11,15,17-19H,5-6,8-9,12-14H2,1H3,(H,36,40). The third kappa shape index (κ3) is 5.94. The Morgan fingerprint density at radius 1 is 1.07 bits per heavy atom. The predicted octanol–water partition coefficient (Wildman–Crippen LogP) is 8.08. The summed E-state index contributed by atoms with van der Waals surface area (Å²) < 4.78 is 57.5. The van der Waals surface area contributed by atoms with Crippen molar-refractivity contribution in [1.82, 2.24) is 10.1 Å². The Kier molecular flexibility index (Phi) is 8.08. The Labute approximate surface area is 255 Å². The normalized spacial score (nSPS) is 21.6. The van der Waals surface area contributed by atoms with E-state index in [1.165, 1.54) is 6.07 Å². The SMILES string of the molecule is COC(=O)c1ccc(NC(=O)N2C3CCC2CC(OCc2c(-c4c(Cl)cccc4Cl)noc2C2CC2)C3)cc1C(F)(F)F. The van der Waals surface area contributed by atoms with Crippen LogP contribution in [-0.2, 0) is 22.3 Å². The molecule has 3 fully saturated rings. The maximum absolute atomic E-state index is 13.6. The van der Waals surface area contributed by atoms with Gasteiger partial charge in [-0.25, -0.2) is 9.59 Å². The predicted molar refractivity (Wildman–Crippen MR) is 152 cm³/mol. The van der Waals surface area contributed by atoms with E-state index in [2.05, 4.69) is 15.2 Å². The number of ether oxygens (including phenoxy) is 2. The van der Waals surface area contributed by atoms with Crippen LogP contribution in [-0.4, -0.2) is 47.4 Å². The number of nitrogens with one attached hydrogen (secondary N) is 1. The van der Waals surface area contributed by atoms with Crippen LogP contribution in [0.1, 0.15) is 71.7 Å². The van der Waals surface area contributed by atoms with Gasteiger partial charge in [-0.3, -0.25) is 0 Å². The van der Waals surface area contributed by atoms with Gasteiger partial charge in [-0.2, -0.15) is 13.2 Å². The number of nitrogens with zero attached hydrogens (tertiary/aromatic N) is 2. The van der Waals surface area contributed by atoms with E-state index in [0.29, 0.717) is 34.1 Å². The molecule has 3 aromatic rings. The highest BCUT2D eigenvalue weighted by Gasteiger charge is 2.44. The lowest BCUT2D eigenvalue weighted by Crippen LogP contribution is -2.50. The van der Waals surface area contributed by atoms with Crippen LogP contribution in [0.25, 0.3) is 11.3 Å². The van der Waals surface area contributed by atoms with Crippen molar-refractivity contribution in [1.29, 1.82) is 0 Å². The van der Waals surface area contributed by atoms with Crippen molar-refractivity contribution in [2.75, 3.05) is 12.4 Å². The van der Waals surface area contributed by atoms with Crippen molar-refractivity contribution < 1.29 is 36.8 Å². The van der Waals surface area contributed by atoms with Gasteiger partial charge in [0.15, 0.2) is 0 Å². The second-order valence-electron chi connectivity index (χ2n) is 11.1. The minimum absolute atomic E-state index is 0.0615. The van der Waals surface area contributed by atoms with Gasteiger partial charge in [-0.15, -0.1) is 0 Å². The summed E-state index contributed by atoms with van der Waals surface area (Å²) >= 11 is 12.9. The number of halogens is 5. The highest BCUT2D eigenvalue weighted by molar-refractivity contribution is 6.39. The Balaban J connectivity index is 1.14. The van der Waals surface area contributed by atoms with Crippen LogP contribution in [0, 0.1) is 0 Å². The number of hydrogen-bond donors (Lipinski definition) is 1. The maximum Gasteiger partial charge on any atom is 0.417 e. The summed E-state index contributed by atoms with van der Waals surface area (Å²) in [5, 5.41) is 7.82. The van der Waals surface area contributed by atoms with Crippen LogP contribution in [0.5, 0.6) is 0 Å². The van der Waals surface area contributed by atoms with E-state index in [1.54, 1.807) is 23.1 Å². The van der Waals surface area contributed by atoms with E-state index in [0.717, 1.165) is 56.2 Å². The van der Waals surface area contributed by atoms with Crippen LogP contribution in [0.2, 0.25) is 10.0 Å². The van der Waals surface area contributed by atoms with Gasteiger partial charge in [0.05, 0.1) is 41.0 Å². The molecule has 8 nitrogen and oxygen atoms in total. The zero-order chi connectivity index (χ0) is 30.5. The molecular weight excluding hydrogens is 610 g/mol. The van der Waals surface area contributed by atoms with E-state index in [9.17, 15) is 22.8 Å². The number of carbonyl (C=O) groups excluding carboxylic acids is 2. The molecule has 13 heteroatoms. The second kappa shape index (κ2) is 11.7. The van der Waals surface area contributed by atoms with Gasteiger partial charge < -0.3 is 24.2 Å². The highest BCUT2D eigenvalue weighted by Crippen LogP contribution is 2.47. The molecule has 2 aromatic carbocycles. The van der Waals surface area contributed by atoms with Gasteiger partial charge in [0.1, 0.15) is 11.5 Å². The highest BCUT2D eigenvalue weighted by atomic mass is 35.5. The molecule has 1 saturated carbocycles. The van der Waals surface area contributed by atoms with Crippen molar-refractivity contribution in [2.24, 2.45) is 0 Å². The third-order valence-corrected chi connectivity index (χ3v) is 8.97. The number of alkyl halides is 3. The molecule has 1 aromatic heterocycles. The Morgan fingerprint density at radius 2 is 1.74 bits per heavy atom. The molecule has 2 atom stereocenters. The number of hydrogen-bond acceptors (Lipinski definition) is 6. The first-order chi connectivity index (χ1) is 20.5. The first-order valence-electron chi connectivity index (χ1n) is 14.0. The van der Waals surface area contributed by atoms with Crippen molar-refractivity contribution in [3.63, 3.8) is 0 Å². The van der Waals surface area contributed by atoms with Crippen LogP contribution in [0.3, 0.4) is 0 Å². The van der Waals surface area contributed by atoms with Crippen molar-refractivity contribution in [3.05, 3.63) is 68.9 Å². The average molecular weight is 638 g/mol. The number of methoxy groups -OCH3 is 1. The number of aromatic nitrogens is 1. The Hall–Kier alpha value is -3.28. The lowest BCUT2D eigenvalue weighted by molar-refractivity contribution is -0.138. The largest absolute Gasteiger partial charge is 0.465 e. The summed E-state index contributed by atoms with van der Waals surface area (Å²) in [6, 6.07) is 7.50. The van der Waals surface area contributed by atoms with Crippen molar-refractivity contribution >= 4 is 40.9 Å². The number of benzene rings is 2. The molecule has 2 bridgehead atoms. The van der Waals surface area contributed by atoms with Gasteiger partial charge in [0.2, 0.25) is 0 Å². The smallest absolute Gasteiger partial charge is 0.417 e. The van der Waals surface area contributed by atoms with Crippen LogP contribution < -0.4 is 5.32 Å². The van der Waals surface area contributed by atoms with Gasteiger partial charge in [-0.1, -0.05) is 34.4 Å². The molecule has 1 N–H and O–H groups in total. The van der Waals surface area contributed by atoms with Gasteiger partial charge in [-0.05, 0) is 68.9 Å². The number of piperidine rings is 1. The number of esters is 1. The molecule has 6 rings (SSSR count). The van der Waals surface area contributed by atoms with Gasteiger partial charge >= 0.3 is 18.2 Å². The zero-order valence-corrected chi connectivity index (χ0v) is 24.6. The number of fused-ring (bicyclic) bond motifs is 2. The minimum atomic E-state index is -4.81. The summed E-state index contributed by atoms with van der Waals surface area (Å²) in [6.45, 7) is 0.245. The quantitative estimate of drug-likeness (QED) is 0.263. The molecule has 0 radical (unpaired) electrons. The van der Waals surface area contributed by atoms with Crippen LogP contribution in [0.15, 0.2) is 40.9 Å². The number of anilines is 1. The molecule has 2 unspecified atom stereocenters. The fraction of sp³-hybridized carbons (Fsp3) is 0.433. The lowest BCUT2D eigenvalue weighted by Gasteiger charge is -2.38. The summed E-state index contributed by atoms with van der Waals surface area (Å²) in [5.74, 6) is -0.0487. The van der Waals surface area contributed by atoms with E-state index in [1.807, 2.05) is 0 Å². The molecule has 3 heterocycles. The maximum atomic E-state index is 13.6. The van der Waals surface area contributed by atoms with E-state index < -0.39 is 29.3 Å². The lowest BCUT2D eigenvalue weighted by atomic mass is 9.99. The second-order valence-corrected chi connectivity index (χ2v) is 11.9. The summed E-state index contributed by atoms with van der Waals surface area (Å²) in [7, 11) is 1.01. The van der Waals surface area contributed by atoms with Gasteiger partial charge in [0.25, 0.3) is 0 Å². The van der Waals surface area contributed by atoms with Crippen molar-refractivity contribution in [3.8, 4) is 11.3 Å². The molecular formula is C30H28Cl2F3N3O5. The molecule has 1 aliphatic carbocycles. The van der Waals surface area contributed by atoms with Crippen LogP contribution in [0.4, 0.5) is 23.7 Å². The van der Waals surface area contributed by atoms with Crippen molar-refractivity contribution in [2.45, 2.75) is 75.4 Å². The Bertz CT molecular complexity index is 1520. The summed E-state index contributed by atoms with van der Waals surface area (Å²) in [6.07, 6.45) is -0.274. The number of rotatable bonds is 7.